The Morgan fingerprint density at radius 1 is 1.58 bits per heavy atom. The SMILES string of the molecule is C=CCNC1(C(=O)OCC)CCCC(CC(C)C)C1. The molecule has 1 aliphatic carbocycles. The summed E-state index contributed by atoms with van der Waals surface area (Å²) in [5.41, 5.74) is -0.484. The number of hydrogen-bond acceptors (Lipinski definition) is 3. The molecule has 110 valence electrons. The number of nitrogens with one attached hydrogen (secondary N) is 1. The Morgan fingerprint density at radius 3 is 2.89 bits per heavy atom. The van der Waals surface area contributed by atoms with Crippen LogP contribution in [0.2, 0.25) is 0 Å². The van der Waals surface area contributed by atoms with Crippen molar-refractivity contribution in [2.75, 3.05) is 13.2 Å². The summed E-state index contributed by atoms with van der Waals surface area (Å²) in [6.45, 7) is 11.2. The highest BCUT2D eigenvalue weighted by atomic mass is 16.5. The Hall–Kier alpha value is -0.830. The fourth-order valence-corrected chi connectivity index (χ4v) is 3.21. The highest BCUT2D eigenvalue weighted by molar-refractivity contribution is 5.81. The number of carbonyl (C=O) groups excluding carboxylic acids is 1. The van der Waals surface area contributed by atoms with Crippen molar-refractivity contribution in [2.24, 2.45) is 11.8 Å². The summed E-state index contributed by atoms with van der Waals surface area (Å²) in [5, 5.41) is 3.38. The largest absolute Gasteiger partial charge is 0.465 e. The Labute approximate surface area is 117 Å². The second kappa shape index (κ2) is 7.68. The number of rotatable bonds is 7. The minimum Gasteiger partial charge on any atom is -0.465 e. The third-order valence-electron chi connectivity index (χ3n) is 3.91. The maximum Gasteiger partial charge on any atom is 0.326 e. The molecule has 0 radical (unpaired) electrons. The smallest absolute Gasteiger partial charge is 0.326 e. The molecular formula is C16H29NO2. The molecule has 0 bridgehead atoms. The van der Waals surface area contributed by atoms with Gasteiger partial charge >= 0.3 is 5.97 Å². The summed E-state index contributed by atoms with van der Waals surface area (Å²) in [4.78, 5) is 12.3. The zero-order valence-corrected chi connectivity index (χ0v) is 12.7. The molecule has 0 aromatic carbocycles. The summed E-state index contributed by atoms with van der Waals surface area (Å²) in [5.74, 6) is 1.23. The summed E-state index contributed by atoms with van der Waals surface area (Å²) in [7, 11) is 0. The molecule has 0 saturated heterocycles. The van der Waals surface area contributed by atoms with Gasteiger partial charge in [0.1, 0.15) is 5.54 Å². The number of ether oxygens (including phenoxy) is 1. The molecule has 0 aromatic heterocycles. The molecular weight excluding hydrogens is 238 g/mol. The van der Waals surface area contributed by atoms with E-state index in [0.29, 0.717) is 25.0 Å². The van der Waals surface area contributed by atoms with Crippen LogP contribution in [0.5, 0.6) is 0 Å². The van der Waals surface area contributed by atoms with Crippen molar-refractivity contribution in [1.82, 2.24) is 5.32 Å². The van der Waals surface area contributed by atoms with Crippen LogP contribution in [0.4, 0.5) is 0 Å². The standard InChI is InChI=1S/C16H29NO2/c1-5-10-17-16(15(18)19-6-2)9-7-8-14(12-16)11-13(3)4/h5,13-14,17H,1,6-12H2,2-4H3. The van der Waals surface area contributed by atoms with Crippen LogP contribution < -0.4 is 5.32 Å². The van der Waals surface area contributed by atoms with Gasteiger partial charge in [-0.15, -0.1) is 6.58 Å². The van der Waals surface area contributed by atoms with E-state index in [0.717, 1.165) is 19.3 Å². The highest BCUT2D eigenvalue weighted by Gasteiger charge is 2.43. The van der Waals surface area contributed by atoms with Crippen LogP contribution in [0.3, 0.4) is 0 Å². The van der Waals surface area contributed by atoms with Gasteiger partial charge in [0, 0.05) is 6.54 Å². The van der Waals surface area contributed by atoms with Gasteiger partial charge in [0.2, 0.25) is 0 Å². The number of carbonyl (C=O) groups is 1. The molecule has 1 fully saturated rings. The van der Waals surface area contributed by atoms with E-state index in [-0.39, 0.29) is 5.97 Å². The van der Waals surface area contributed by atoms with Crippen molar-refractivity contribution in [3.05, 3.63) is 12.7 Å². The van der Waals surface area contributed by atoms with Crippen molar-refractivity contribution in [2.45, 2.75) is 58.4 Å². The lowest BCUT2D eigenvalue weighted by Gasteiger charge is -2.40. The van der Waals surface area contributed by atoms with Crippen LogP contribution >= 0.6 is 0 Å². The van der Waals surface area contributed by atoms with Gasteiger partial charge in [-0.1, -0.05) is 32.8 Å². The van der Waals surface area contributed by atoms with E-state index in [2.05, 4.69) is 25.7 Å². The average Bonchev–Trinajstić information content (AvgIpc) is 2.36. The average molecular weight is 267 g/mol. The van der Waals surface area contributed by atoms with Gasteiger partial charge in [0.15, 0.2) is 0 Å². The lowest BCUT2D eigenvalue weighted by molar-refractivity contribution is -0.153. The van der Waals surface area contributed by atoms with Gasteiger partial charge in [-0.05, 0) is 38.0 Å². The van der Waals surface area contributed by atoms with Crippen LogP contribution in [-0.2, 0) is 9.53 Å². The van der Waals surface area contributed by atoms with Gasteiger partial charge in [0.05, 0.1) is 6.61 Å². The van der Waals surface area contributed by atoms with Crippen molar-refractivity contribution in [3.8, 4) is 0 Å². The van der Waals surface area contributed by atoms with Gasteiger partial charge in [0.25, 0.3) is 0 Å². The first kappa shape index (κ1) is 16.2. The molecule has 19 heavy (non-hydrogen) atoms. The van der Waals surface area contributed by atoms with E-state index >= 15 is 0 Å². The molecule has 1 N–H and O–H groups in total. The van der Waals surface area contributed by atoms with Crippen molar-refractivity contribution in [3.63, 3.8) is 0 Å². The van der Waals surface area contributed by atoms with Crippen LogP contribution in [0.15, 0.2) is 12.7 Å². The van der Waals surface area contributed by atoms with E-state index in [1.165, 1.54) is 12.8 Å². The fourth-order valence-electron chi connectivity index (χ4n) is 3.21. The monoisotopic (exact) mass is 267 g/mol. The van der Waals surface area contributed by atoms with Gasteiger partial charge in [-0.3, -0.25) is 10.1 Å². The molecule has 0 heterocycles. The molecule has 0 amide bonds. The predicted octanol–water partition coefficient (Wildman–Crippen LogP) is 3.30. The minimum absolute atomic E-state index is 0.0784. The molecule has 2 unspecified atom stereocenters. The van der Waals surface area contributed by atoms with Crippen LogP contribution in [-0.4, -0.2) is 24.7 Å². The van der Waals surface area contributed by atoms with Gasteiger partial charge in [-0.25, -0.2) is 0 Å². The third-order valence-corrected chi connectivity index (χ3v) is 3.91. The topological polar surface area (TPSA) is 38.3 Å². The third kappa shape index (κ3) is 4.64. The van der Waals surface area contributed by atoms with E-state index in [4.69, 9.17) is 4.74 Å². The van der Waals surface area contributed by atoms with E-state index in [1.807, 2.05) is 13.0 Å². The molecule has 1 saturated carbocycles. The molecule has 0 aromatic rings. The Bertz CT molecular complexity index is 301. The molecule has 0 aliphatic heterocycles. The molecule has 0 spiro atoms. The molecule has 1 rings (SSSR count). The number of hydrogen-bond donors (Lipinski definition) is 1. The first-order valence-corrected chi connectivity index (χ1v) is 7.57. The minimum atomic E-state index is -0.484. The predicted molar refractivity (Wildman–Crippen MR) is 79.0 cm³/mol. The fraction of sp³-hybridized carbons (Fsp3) is 0.812. The van der Waals surface area contributed by atoms with Crippen LogP contribution in [0.1, 0.15) is 52.9 Å². The van der Waals surface area contributed by atoms with Crippen molar-refractivity contribution >= 4 is 5.97 Å². The molecule has 3 nitrogen and oxygen atoms in total. The number of esters is 1. The van der Waals surface area contributed by atoms with Crippen LogP contribution in [0.25, 0.3) is 0 Å². The maximum atomic E-state index is 12.3. The van der Waals surface area contributed by atoms with E-state index in [9.17, 15) is 4.79 Å². The lowest BCUT2D eigenvalue weighted by atomic mass is 9.73. The van der Waals surface area contributed by atoms with Crippen molar-refractivity contribution in [1.29, 1.82) is 0 Å². The molecule has 1 aliphatic rings. The summed E-state index contributed by atoms with van der Waals surface area (Å²) in [6.07, 6.45) is 7.12. The second-order valence-electron chi connectivity index (χ2n) is 6.06. The van der Waals surface area contributed by atoms with E-state index in [1.54, 1.807) is 0 Å². The van der Waals surface area contributed by atoms with E-state index < -0.39 is 5.54 Å². The zero-order valence-electron chi connectivity index (χ0n) is 12.7. The maximum absolute atomic E-state index is 12.3. The molecule has 2 atom stereocenters. The summed E-state index contributed by atoms with van der Waals surface area (Å²) in [6, 6.07) is 0. The van der Waals surface area contributed by atoms with Crippen molar-refractivity contribution < 1.29 is 9.53 Å². The first-order valence-electron chi connectivity index (χ1n) is 7.57. The Morgan fingerprint density at radius 2 is 2.32 bits per heavy atom. The van der Waals surface area contributed by atoms with Gasteiger partial charge in [-0.2, -0.15) is 0 Å². The zero-order chi connectivity index (χ0) is 14.3. The Kier molecular flexibility index (Phi) is 6.56. The second-order valence-corrected chi connectivity index (χ2v) is 6.06. The molecule has 3 heteroatoms. The van der Waals surface area contributed by atoms with Crippen LogP contribution in [0, 0.1) is 11.8 Å². The highest BCUT2D eigenvalue weighted by Crippen LogP contribution is 2.36. The summed E-state index contributed by atoms with van der Waals surface area (Å²) < 4.78 is 5.30. The van der Waals surface area contributed by atoms with Gasteiger partial charge < -0.3 is 4.74 Å². The summed E-state index contributed by atoms with van der Waals surface area (Å²) >= 11 is 0. The lowest BCUT2D eigenvalue weighted by Crippen LogP contribution is -2.55. The quantitative estimate of drug-likeness (QED) is 0.568. The Balaban J connectivity index is 2.76. The first-order chi connectivity index (χ1) is 9.04. The normalized spacial score (nSPS) is 27.3.